The molecule has 0 unspecified atom stereocenters. The monoisotopic (exact) mass is 834 g/mol. The minimum absolute atomic E-state index is 0.143. The molecule has 13 aromatic rings. The minimum Gasteiger partial charge on any atom is -0.135 e. The molecule has 1 aliphatic carbocycles. The molecule has 0 nitrogen and oxygen atoms in total. The first kappa shape index (κ1) is 35.5. The van der Waals surface area contributed by atoms with E-state index in [0.717, 1.165) is 0 Å². The highest BCUT2D eigenvalue weighted by atomic mass is 32.1. The van der Waals surface area contributed by atoms with Crippen molar-refractivity contribution in [2.75, 3.05) is 0 Å². The van der Waals surface area contributed by atoms with E-state index < -0.39 is 0 Å². The second-order valence-corrected chi connectivity index (χ2v) is 20.1. The Bertz CT molecular complexity index is 4060. The molecule has 294 valence electrons. The molecule has 2 heterocycles. The lowest BCUT2D eigenvalue weighted by Gasteiger charge is -2.22. The summed E-state index contributed by atoms with van der Waals surface area (Å²) in [5.74, 6) is 0. The van der Waals surface area contributed by atoms with E-state index in [1.54, 1.807) is 0 Å². The maximum Gasteiger partial charge on any atom is 0.0361 e. The third-order valence-electron chi connectivity index (χ3n) is 14.2. The van der Waals surface area contributed by atoms with Crippen LogP contribution in [0.4, 0.5) is 0 Å². The molecule has 0 atom stereocenters. The van der Waals surface area contributed by atoms with Crippen LogP contribution in [0.2, 0.25) is 0 Å². The normalized spacial score (nSPS) is 13.4. The molecule has 0 bridgehead atoms. The number of thiophene rings is 2. The Hall–Kier alpha value is -7.10. The van der Waals surface area contributed by atoms with E-state index in [9.17, 15) is 0 Å². The molecule has 0 amide bonds. The maximum absolute atomic E-state index is 2.48. The number of rotatable bonds is 3. The van der Waals surface area contributed by atoms with Crippen molar-refractivity contribution in [3.63, 3.8) is 0 Å². The molecule has 0 saturated carbocycles. The molecule has 1 aliphatic rings. The quantitative estimate of drug-likeness (QED) is 0.156. The standard InChI is InChI=1S/C61H38S2/c1-61(2)52-26-22-41(59-45-15-7-5-13-43(45)58(44-14-6-8-16-46(44)59)40-20-19-35-11-3-4-12-36(35)29-40)31-49(52)42-25-21-38(32-53(42)61)37-23-27-55-50(30-37)51-34-48-39(33-57(51)63-55)24-28-56-60(48)47-17-9-10-18-54(47)62-56/h3-34H,1-2H3. The molecule has 63 heavy (non-hydrogen) atoms. The zero-order valence-electron chi connectivity index (χ0n) is 34.8. The van der Waals surface area contributed by atoms with Gasteiger partial charge in [-0.1, -0.05) is 153 Å². The summed E-state index contributed by atoms with van der Waals surface area (Å²) < 4.78 is 5.39. The van der Waals surface area contributed by atoms with Crippen molar-refractivity contribution < 1.29 is 0 Å². The molecule has 14 rings (SSSR count). The summed E-state index contributed by atoms with van der Waals surface area (Å²) >= 11 is 3.80. The average molecular weight is 835 g/mol. The predicted octanol–water partition coefficient (Wildman–Crippen LogP) is 18.3. The zero-order chi connectivity index (χ0) is 41.6. The van der Waals surface area contributed by atoms with Crippen LogP contribution in [-0.2, 0) is 5.41 Å². The van der Waals surface area contributed by atoms with Gasteiger partial charge in [-0.3, -0.25) is 0 Å². The summed E-state index contributed by atoms with van der Waals surface area (Å²) in [4.78, 5) is 0. The molecule has 0 N–H and O–H groups in total. The highest BCUT2D eigenvalue weighted by molar-refractivity contribution is 7.26. The van der Waals surface area contributed by atoms with Crippen molar-refractivity contribution in [1.82, 2.24) is 0 Å². The van der Waals surface area contributed by atoms with E-state index in [0.29, 0.717) is 0 Å². The van der Waals surface area contributed by atoms with Crippen LogP contribution in [0, 0.1) is 0 Å². The Kier molecular flexibility index (Phi) is 7.31. The smallest absolute Gasteiger partial charge is 0.0361 e. The lowest BCUT2D eigenvalue weighted by Crippen LogP contribution is -2.15. The highest BCUT2D eigenvalue weighted by Crippen LogP contribution is 2.53. The van der Waals surface area contributed by atoms with Crippen LogP contribution in [0.1, 0.15) is 25.0 Å². The Labute approximate surface area is 372 Å². The van der Waals surface area contributed by atoms with Crippen LogP contribution in [-0.4, -0.2) is 0 Å². The van der Waals surface area contributed by atoms with Crippen LogP contribution in [0.15, 0.2) is 194 Å². The van der Waals surface area contributed by atoms with Gasteiger partial charge >= 0.3 is 0 Å². The first-order chi connectivity index (χ1) is 31.0. The van der Waals surface area contributed by atoms with Gasteiger partial charge in [-0.05, 0) is 153 Å². The summed E-state index contributed by atoms with van der Waals surface area (Å²) in [5, 5.41) is 15.7. The number of fused-ring (bicyclic) bond motifs is 14. The highest BCUT2D eigenvalue weighted by Gasteiger charge is 2.36. The molecule has 2 heteroatoms. The van der Waals surface area contributed by atoms with Crippen LogP contribution in [0.25, 0.3) is 128 Å². The molecule has 0 spiro atoms. The van der Waals surface area contributed by atoms with Crippen LogP contribution < -0.4 is 0 Å². The van der Waals surface area contributed by atoms with Crippen molar-refractivity contribution in [1.29, 1.82) is 0 Å². The van der Waals surface area contributed by atoms with Gasteiger partial charge in [0.05, 0.1) is 0 Å². The van der Waals surface area contributed by atoms with Gasteiger partial charge in [0.2, 0.25) is 0 Å². The minimum atomic E-state index is -0.143. The molecule has 0 aliphatic heterocycles. The first-order valence-electron chi connectivity index (χ1n) is 21.9. The lowest BCUT2D eigenvalue weighted by atomic mass is 9.81. The molecule has 0 saturated heterocycles. The topological polar surface area (TPSA) is 0 Å². The van der Waals surface area contributed by atoms with E-state index in [-0.39, 0.29) is 5.41 Å². The predicted molar refractivity (Wildman–Crippen MR) is 276 cm³/mol. The fraction of sp³-hybridized carbons (Fsp3) is 0.0492. The summed E-state index contributed by atoms with van der Waals surface area (Å²) in [6, 6.07) is 73.6. The summed E-state index contributed by atoms with van der Waals surface area (Å²) in [5.41, 5.74) is 12.9. The molecule has 11 aromatic carbocycles. The molecule has 0 fully saturated rings. The van der Waals surface area contributed by atoms with E-state index >= 15 is 0 Å². The van der Waals surface area contributed by atoms with E-state index in [4.69, 9.17) is 0 Å². The summed E-state index contributed by atoms with van der Waals surface area (Å²) in [6.45, 7) is 4.81. The van der Waals surface area contributed by atoms with Crippen LogP contribution in [0.3, 0.4) is 0 Å². The van der Waals surface area contributed by atoms with Crippen LogP contribution in [0.5, 0.6) is 0 Å². The van der Waals surface area contributed by atoms with E-state index in [1.165, 1.54) is 139 Å². The fourth-order valence-corrected chi connectivity index (χ4v) is 13.4. The molecule has 0 radical (unpaired) electrons. The van der Waals surface area contributed by atoms with Crippen molar-refractivity contribution in [3.05, 3.63) is 205 Å². The average Bonchev–Trinajstić information content (AvgIpc) is 3.96. The van der Waals surface area contributed by atoms with Crippen molar-refractivity contribution in [3.8, 4) is 44.5 Å². The fourth-order valence-electron chi connectivity index (χ4n) is 11.2. The van der Waals surface area contributed by atoms with E-state index in [2.05, 4.69) is 208 Å². The summed E-state index contributed by atoms with van der Waals surface area (Å²) in [6.07, 6.45) is 0. The third-order valence-corrected chi connectivity index (χ3v) is 16.5. The van der Waals surface area contributed by atoms with Crippen molar-refractivity contribution in [2.45, 2.75) is 19.3 Å². The van der Waals surface area contributed by atoms with Gasteiger partial charge in [0.15, 0.2) is 0 Å². The second-order valence-electron chi connectivity index (χ2n) is 18.0. The van der Waals surface area contributed by atoms with E-state index in [1.807, 2.05) is 22.7 Å². The lowest BCUT2D eigenvalue weighted by molar-refractivity contribution is 0.660. The number of benzene rings is 11. The van der Waals surface area contributed by atoms with Crippen molar-refractivity contribution in [2.24, 2.45) is 0 Å². The Morgan fingerprint density at radius 2 is 0.857 bits per heavy atom. The molecule has 2 aromatic heterocycles. The SMILES string of the molecule is CC1(C)c2ccc(-c3c4ccccc4c(-c4ccc5ccccc5c4)c4ccccc34)cc2-c2ccc(-c3ccc4sc5cc6ccc7sc8ccccc8c7c6cc5c4c3)cc21. The van der Waals surface area contributed by atoms with Gasteiger partial charge in [0.1, 0.15) is 0 Å². The van der Waals surface area contributed by atoms with Gasteiger partial charge in [-0.25, -0.2) is 0 Å². The van der Waals surface area contributed by atoms with Gasteiger partial charge in [0.25, 0.3) is 0 Å². The Balaban J connectivity index is 0.904. The third kappa shape index (κ3) is 5.08. The Morgan fingerprint density at radius 3 is 1.63 bits per heavy atom. The van der Waals surface area contributed by atoms with Gasteiger partial charge in [-0.2, -0.15) is 0 Å². The summed E-state index contributed by atoms with van der Waals surface area (Å²) in [7, 11) is 0. The van der Waals surface area contributed by atoms with Gasteiger partial charge in [-0.15, -0.1) is 22.7 Å². The maximum atomic E-state index is 2.48. The van der Waals surface area contributed by atoms with Gasteiger partial charge < -0.3 is 0 Å². The molecular formula is C61H38S2. The molecular weight excluding hydrogens is 797 g/mol. The second kappa shape index (κ2) is 13.0. The van der Waals surface area contributed by atoms with Crippen molar-refractivity contribution >= 4 is 106 Å². The number of hydrogen-bond acceptors (Lipinski definition) is 2. The number of hydrogen-bond donors (Lipinski definition) is 0. The Morgan fingerprint density at radius 1 is 0.302 bits per heavy atom. The van der Waals surface area contributed by atoms with Gasteiger partial charge in [0, 0.05) is 45.8 Å². The van der Waals surface area contributed by atoms with Crippen LogP contribution >= 0.6 is 22.7 Å². The largest absolute Gasteiger partial charge is 0.135 e. The first-order valence-corrected chi connectivity index (χ1v) is 23.5. The zero-order valence-corrected chi connectivity index (χ0v) is 36.4.